The Morgan fingerprint density at radius 3 is 2.53 bits per heavy atom. The van der Waals surface area contributed by atoms with Crippen molar-refractivity contribution in [2.75, 3.05) is 42.9 Å². The van der Waals surface area contributed by atoms with Gasteiger partial charge in [0.25, 0.3) is 5.56 Å². The number of carboxylic acids is 1. The van der Waals surface area contributed by atoms with Crippen molar-refractivity contribution in [1.82, 2.24) is 24.4 Å². The van der Waals surface area contributed by atoms with Crippen molar-refractivity contribution in [2.24, 2.45) is 0 Å². The molecule has 1 saturated carbocycles. The number of carboxylic acid groups (broad SMARTS) is 1. The van der Waals surface area contributed by atoms with E-state index in [-0.39, 0.29) is 23.7 Å². The molecule has 1 aliphatic carbocycles. The summed E-state index contributed by atoms with van der Waals surface area (Å²) >= 11 is 0. The number of anilines is 3. The Morgan fingerprint density at radius 1 is 1.14 bits per heavy atom. The third kappa shape index (κ3) is 4.66. The minimum atomic E-state index is -0.809. The number of nitrogens with one attached hydrogen (secondary N) is 1. The second-order valence-corrected chi connectivity index (χ2v) is 9.38. The van der Waals surface area contributed by atoms with Gasteiger partial charge in [0.1, 0.15) is 11.5 Å². The predicted molar refractivity (Wildman–Crippen MR) is 135 cm³/mol. The van der Waals surface area contributed by atoms with Crippen LogP contribution >= 0.6 is 0 Å². The van der Waals surface area contributed by atoms with Gasteiger partial charge in [0.05, 0.1) is 24.0 Å². The maximum absolute atomic E-state index is 13.2. The van der Waals surface area contributed by atoms with Crippen LogP contribution in [0.25, 0.3) is 11.0 Å². The lowest BCUT2D eigenvalue weighted by Crippen LogP contribution is -2.48. The number of rotatable bonds is 7. The summed E-state index contributed by atoms with van der Waals surface area (Å²) in [6, 6.07) is 3.82. The third-order valence-corrected chi connectivity index (χ3v) is 7.15. The summed E-state index contributed by atoms with van der Waals surface area (Å²) < 4.78 is 1.67. The molecule has 0 bridgehead atoms. The number of aldehydes is 1. The van der Waals surface area contributed by atoms with E-state index in [9.17, 15) is 14.4 Å². The summed E-state index contributed by atoms with van der Waals surface area (Å²) in [6.45, 7) is 4.65. The molecular weight excluding hydrogens is 462 g/mol. The number of nitrogens with zero attached hydrogens (tertiary/aromatic N) is 6. The fraction of sp³-hybridized carbons (Fsp3) is 0.440. The minimum absolute atomic E-state index is 0.0235. The number of aryl methyl sites for hydroxylation is 1. The molecule has 2 aliphatic rings. The standard InChI is InChI=1S/C25H29N7O4/c1-16-19-13-27-25(29-23(19)32(17-4-2-3-5-17)24(36)20(16)15-33)28-21-7-6-18(12-26-21)31-10-8-30(9-11-31)14-22(34)35/h6-7,12-13,15,17H,2-5,8-11,14H2,1H3,(H,34,35)(H,26,27,28,29). The van der Waals surface area contributed by atoms with Crippen LogP contribution < -0.4 is 15.8 Å². The molecule has 0 atom stereocenters. The fourth-order valence-corrected chi connectivity index (χ4v) is 5.17. The molecule has 0 amide bonds. The monoisotopic (exact) mass is 491 g/mol. The van der Waals surface area contributed by atoms with Crippen molar-refractivity contribution in [2.45, 2.75) is 38.6 Å². The Hall–Kier alpha value is -3.86. The highest BCUT2D eigenvalue weighted by atomic mass is 16.4. The molecule has 11 nitrogen and oxygen atoms in total. The average Bonchev–Trinajstić information content (AvgIpc) is 3.39. The topological polar surface area (TPSA) is 134 Å². The van der Waals surface area contributed by atoms with Gasteiger partial charge in [0, 0.05) is 43.8 Å². The van der Waals surface area contributed by atoms with Crippen LogP contribution in [0.4, 0.5) is 17.5 Å². The van der Waals surface area contributed by atoms with Crippen molar-refractivity contribution in [3.05, 3.63) is 46.0 Å². The minimum Gasteiger partial charge on any atom is -0.480 e. The van der Waals surface area contributed by atoms with Crippen molar-refractivity contribution in [1.29, 1.82) is 0 Å². The molecule has 0 spiro atoms. The van der Waals surface area contributed by atoms with Crippen molar-refractivity contribution >= 4 is 40.7 Å². The summed E-state index contributed by atoms with van der Waals surface area (Å²) in [5.41, 5.74) is 1.96. The molecule has 3 aromatic rings. The molecular formula is C25H29N7O4. The highest BCUT2D eigenvalue weighted by molar-refractivity contribution is 5.88. The molecule has 2 N–H and O–H groups in total. The molecule has 2 fully saturated rings. The lowest BCUT2D eigenvalue weighted by Gasteiger charge is -2.35. The predicted octanol–water partition coefficient (Wildman–Crippen LogP) is 2.37. The first kappa shape index (κ1) is 23.9. The average molecular weight is 492 g/mol. The first-order chi connectivity index (χ1) is 17.4. The summed E-state index contributed by atoms with van der Waals surface area (Å²) in [4.78, 5) is 53.4. The Balaban J connectivity index is 1.37. The number of carbonyl (C=O) groups is 2. The van der Waals surface area contributed by atoms with Crippen LogP contribution in [0, 0.1) is 6.92 Å². The summed E-state index contributed by atoms with van der Waals surface area (Å²) in [6.07, 6.45) is 7.92. The van der Waals surface area contributed by atoms with Gasteiger partial charge in [-0.3, -0.25) is 23.9 Å². The zero-order valence-corrected chi connectivity index (χ0v) is 20.2. The molecule has 188 valence electrons. The number of piperazine rings is 1. The van der Waals surface area contributed by atoms with E-state index in [0.29, 0.717) is 47.7 Å². The van der Waals surface area contributed by atoms with E-state index in [4.69, 9.17) is 5.11 Å². The molecule has 1 saturated heterocycles. The largest absolute Gasteiger partial charge is 0.480 e. The maximum atomic E-state index is 13.2. The Morgan fingerprint density at radius 2 is 1.89 bits per heavy atom. The number of pyridine rings is 2. The van der Waals surface area contributed by atoms with Gasteiger partial charge >= 0.3 is 5.97 Å². The molecule has 1 aliphatic heterocycles. The lowest BCUT2D eigenvalue weighted by atomic mass is 10.1. The highest BCUT2D eigenvalue weighted by Gasteiger charge is 2.24. The normalized spacial score (nSPS) is 17.0. The maximum Gasteiger partial charge on any atom is 0.317 e. The van der Waals surface area contributed by atoms with Gasteiger partial charge in [-0.1, -0.05) is 12.8 Å². The van der Waals surface area contributed by atoms with Gasteiger partial charge in [0.2, 0.25) is 5.95 Å². The molecule has 3 aromatic heterocycles. The van der Waals surface area contributed by atoms with E-state index in [0.717, 1.165) is 44.5 Å². The van der Waals surface area contributed by atoms with Gasteiger partial charge in [0.15, 0.2) is 6.29 Å². The van der Waals surface area contributed by atoms with E-state index in [1.54, 1.807) is 23.9 Å². The SMILES string of the molecule is Cc1c(C=O)c(=O)n(C2CCCC2)c2nc(Nc3ccc(N4CCN(CC(=O)O)CC4)cn3)ncc12. The van der Waals surface area contributed by atoms with Gasteiger partial charge < -0.3 is 15.3 Å². The third-order valence-electron chi connectivity index (χ3n) is 7.15. The van der Waals surface area contributed by atoms with Gasteiger partial charge in [-0.2, -0.15) is 4.98 Å². The zero-order valence-electron chi connectivity index (χ0n) is 20.2. The molecule has 0 radical (unpaired) electrons. The highest BCUT2D eigenvalue weighted by Crippen LogP contribution is 2.31. The second kappa shape index (κ2) is 10.0. The van der Waals surface area contributed by atoms with Crippen LogP contribution in [0.3, 0.4) is 0 Å². The zero-order chi connectivity index (χ0) is 25.2. The second-order valence-electron chi connectivity index (χ2n) is 9.38. The van der Waals surface area contributed by atoms with Crippen LogP contribution in [0.5, 0.6) is 0 Å². The van der Waals surface area contributed by atoms with E-state index in [1.165, 1.54) is 0 Å². The number of aliphatic carboxylic acids is 1. The van der Waals surface area contributed by atoms with Crippen LogP contribution in [-0.2, 0) is 4.79 Å². The van der Waals surface area contributed by atoms with E-state index in [1.807, 2.05) is 17.0 Å². The molecule has 36 heavy (non-hydrogen) atoms. The van der Waals surface area contributed by atoms with Crippen molar-refractivity contribution in [3.63, 3.8) is 0 Å². The quantitative estimate of drug-likeness (QED) is 0.475. The van der Waals surface area contributed by atoms with E-state index in [2.05, 4.69) is 25.2 Å². The Labute approximate surface area is 207 Å². The summed E-state index contributed by atoms with van der Waals surface area (Å²) in [7, 11) is 0. The molecule has 0 unspecified atom stereocenters. The molecule has 11 heteroatoms. The molecule has 0 aromatic carbocycles. The van der Waals surface area contributed by atoms with Crippen LogP contribution in [0.15, 0.2) is 29.3 Å². The van der Waals surface area contributed by atoms with Gasteiger partial charge in [-0.25, -0.2) is 9.97 Å². The number of fused-ring (bicyclic) bond motifs is 1. The fourth-order valence-electron chi connectivity index (χ4n) is 5.17. The smallest absolute Gasteiger partial charge is 0.317 e. The lowest BCUT2D eigenvalue weighted by molar-refractivity contribution is -0.138. The van der Waals surface area contributed by atoms with E-state index >= 15 is 0 Å². The number of aromatic nitrogens is 4. The molecule has 5 rings (SSSR count). The van der Waals surface area contributed by atoms with Crippen LogP contribution in [0.2, 0.25) is 0 Å². The van der Waals surface area contributed by atoms with Crippen molar-refractivity contribution in [3.8, 4) is 0 Å². The molecule has 4 heterocycles. The number of hydrogen-bond acceptors (Lipinski definition) is 9. The summed E-state index contributed by atoms with van der Waals surface area (Å²) in [5.74, 6) is 0.0871. The van der Waals surface area contributed by atoms with E-state index < -0.39 is 5.97 Å². The van der Waals surface area contributed by atoms with Crippen LogP contribution in [-0.4, -0.2) is 74.5 Å². The van der Waals surface area contributed by atoms with Gasteiger partial charge in [-0.15, -0.1) is 0 Å². The first-order valence-electron chi connectivity index (χ1n) is 12.2. The summed E-state index contributed by atoms with van der Waals surface area (Å²) in [5, 5.41) is 12.8. The van der Waals surface area contributed by atoms with Crippen LogP contribution in [0.1, 0.15) is 47.6 Å². The van der Waals surface area contributed by atoms with Crippen molar-refractivity contribution < 1.29 is 14.7 Å². The Kier molecular flexibility index (Phi) is 6.64. The Bertz CT molecular complexity index is 1340. The number of carbonyl (C=O) groups excluding carboxylic acids is 1. The number of hydrogen-bond donors (Lipinski definition) is 2. The van der Waals surface area contributed by atoms with Gasteiger partial charge in [-0.05, 0) is 37.5 Å². The first-order valence-corrected chi connectivity index (χ1v) is 12.2.